The molecular weight excluding hydrogens is 354 g/mol. The molecule has 28 heavy (non-hydrogen) atoms. The maximum absolute atomic E-state index is 12.4. The van der Waals surface area contributed by atoms with Crippen LogP contribution in [-0.2, 0) is 6.54 Å². The molecule has 0 spiro atoms. The number of hydrogen-bond acceptors (Lipinski definition) is 3. The first-order valence-electron chi connectivity index (χ1n) is 9.87. The van der Waals surface area contributed by atoms with Crippen LogP contribution in [0.5, 0.6) is 0 Å². The highest BCUT2D eigenvalue weighted by Crippen LogP contribution is 2.22. The number of pyridine rings is 1. The fourth-order valence-corrected chi connectivity index (χ4v) is 3.80. The minimum absolute atomic E-state index is 0.181. The van der Waals surface area contributed by atoms with E-state index in [1.54, 1.807) is 18.3 Å². The molecular formula is C21H25N5O2. The molecule has 146 valence electrons. The Morgan fingerprint density at radius 3 is 2.79 bits per heavy atom. The highest BCUT2D eigenvalue weighted by molar-refractivity contribution is 5.89. The van der Waals surface area contributed by atoms with Crippen molar-refractivity contribution < 1.29 is 4.79 Å². The SMILES string of the molecule is O=C(NCC1CCCCC1)Nc1cccc(Cn2nc3ccccn3c2=O)c1. The Bertz CT molecular complexity index is 1020. The van der Waals surface area contributed by atoms with Crippen molar-refractivity contribution in [1.82, 2.24) is 19.5 Å². The van der Waals surface area contributed by atoms with Crippen LogP contribution in [0.1, 0.15) is 37.7 Å². The number of nitrogens with one attached hydrogen (secondary N) is 2. The summed E-state index contributed by atoms with van der Waals surface area (Å²) in [6, 6.07) is 12.8. The highest BCUT2D eigenvalue weighted by atomic mass is 16.2. The first-order valence-corrected chi connectivity index (χ1v) is 9.87. The smallest absolute Gasteiger partial charge is 0.338 e. The van der Waals surface area contributed by atoms with Crippen LogP contribution in [0.15, 0.2) is 53.5 Å². The van der Waals surface area contributed by atoms with Gasteiger partial charge in [0.05, 0.1) is 6.54 Å². The Morgan fingerprint density at radius 2 is 1.96 bits per heavy atom. The van der Waals surface area contributed by atoms with Crippen LogP contribution in [0.2, 0.25) is 0 Å². The van der Waals surface area contributed by atoms with Gasteiger partial charge in [-0.05, 0) is 48.6 Å². The first kappa shape index (κ1) is 18.3. The number of amides is 2. The number of fused-ring (bicyclic) bond motifs is 1. The fraction of sp³-hybridized carbons (Fsp3) is 0.381. The van der Waals surface area contributed by atoms with E-state index >= 15 is 0 Å². The third-order valence-corrected chi connectivity index (χ3v) is 5.28. The van der Waals surface area contributed by atoms with Crippen LogP contribution in [-0.4, -0.2) is 26.8 Å². The number of hydrogen-bond donors (Lipinski definition) is 2. The predicted molar refractivity (Wildman–Crippen MR) is 109 cm³/mol. The van der Waals surface area contributed by atoms with E-state index in [0.29, 0.717) is 23.8 Å². The lowest BCUT2D eigenvalue weighted by atomic mass is 9.89. The van der Waals surface area contributed by atoms with Gasteiger partial charge in [-0.3, -0.25) is 4.40 Å². The molecule has 1 fully saturated rings. The number of urea groups is 1. The van der Waals surface area contributed by atoms with Crippen LogP contribution in [0.4, 0.5) is 10.5 Å². The van der Waals surface area contributed by atoms with E-state index in [0.717, 1.165) is 12.1 Å². The van der Waals surface area contributed by atoms with E-state index in [9.17, 15) is 9.59 Å². The van der Waals surface area contributed by atoms with E-state index in [1.807, 2.05) is 30.3 Å². The van der Waals surface area contributed by atoms with Crippen LogP contribution in [0.3, 0.4) is 0 Å². The Kier molecular flexibility index (Phi) is 5.41. The molecule has 2 amide bonds. The van der Waals surface area contributed by atoms with E-state index in [4.69, 9.17) is 0 Å². The molecule has 1 aromatic carbocycles. The molecule has 1 saturated carbocycles. The van der Waals surface area contributed by atoms with Gasteiger partial charge in [-0.15, -0.1) is 5.10 Å². The Balaban J connectivity index is 1.39. The van der Waals surface area contributed by atoms with Gasteiger partial charge in [0.1, 0.15) is 0 Å². The second-order valence-corrected chi connectivity index (χ2v) is 7.41. The zero-order valence-electron chi connectivity index (χ0n) is 15.8. The second-order valence-electron chi connectivity index (χ2n) is 7.41. The normalized spacial score (nSPS) is 14.9. The Hall–Kier alpha value is -3.09. The lowest BCUT2D eigenvalue weighted by Gasteiger charge is -2.21. The molecule has 0 aliphatic heterocycles. The first-order chi connectivity index (χ1) is 13.7. The van der Waals surface area contributed by atoms with Crippen LogP contribution in [0, 0.1) is 5.92 Å². The van der Waals surface area contributed by atoms with Gasteiger partial charge in [0.25, 0.3) is 0 Å². The highest BCUT2D eigenvalue weighted by Gasteiger charge is 2.14. The fourth-order valence-electron chi connectivity index (χ4n) is 3.80. The lowest BCUT2D eigenvalue weighted by molar-refractivity contribution is 0.247. The van der Waals surface area contributed by atoms with Gasteiger partial charge in [0.15, 0.2) is 5.65 Å². The number of rotatable bonds is 5. The molecule has 1 aliphatic rings. The molecule has 0 bridgehead atoms. The molecule has 0 saturated heterocycles. The number of anilines is 1. The molecule has 4 rings (SSSR count). The van der Waals surface area contributed by atoms with Crippen molar-refractivity contribution in [3.63, 3.8) is 0 Å². The molecule has 2 N–H and O–H groups in total. The maximum atomic E-state index is 12.4. The summed E-state index contributed by atoms with van der Waals surface area (Å²) in [4.78, 5) is 24.6. The number of carbonyl (C=O) groups excluding carboxylic acids is 1. The predicted octanol–water partition coefficient (Wildman–Crippen LogP) is 3.25. The van der Waals surface area contributed by atoms with Crippen molar-refractivity contribution in [2.75, 3.05) is 11.9 Å². The summed E-state index contributed by atoms with van der Waals surface area (Å²) in [5.74, 6) is 0.591. The number of aromatic nitrogens is 3. The largest absolute Gasteiger partial charge is 0.350 e. The molecule has 0 radical (unpaired) electrons. The average Bonchev–Trinajstić information content (AvgIpc) is 3.03. The van der Waals surface area contributed by atoms with Crippen molar-refractivity contribution in [3.05, 3.63) is 64.7 Å². The zero-order valence-corrected chi connectivity index (χ0v) is 15.8. The number of carbonyl (C=O) groups is 1. The molecule has 0 atom stereocenters. The Labute approximate surface area is 163 Å². The van der Waals surface area contributed by atoms with Crippen molar-refractivity contribution in [3.8, 4) is 0 Å². The van der Waals surface area contributed by atoms with Crippen molar-refractivity contribution in [2.24, 2.45) is 5.92 Å². The second kappa shape index (κ2) is 8.29. The van der Waals surface area contributed by atoms with Gasteiger partial charge in [-0.1, -0.05) is 37.5 Å². The van der Waals surface area contributed by atoms with E-state index in [-0.39, 0.29) is 11.7 Å². The summed E-state index contributed by atoms with van der Waals surface area (Å²) >= 11 is 0. The number of nitrogens with zero attached hydrogens (tertiary/aromatic N) is 3. The van der Waals surface area contributed by atoms with Gasteiger partial charge >= 0.3 is 11.7 Å². The summed E-state index contributed by atoms with van der Waals surface area (Å²) in [6.07, 6.45) is 7.94. The molecule has 0 unspecified atom stereocenters. The van der Waals surface area contributed by atoms with Gasteiger partial charge < -0.3 is 10.6 Å². The summed E-state index contributed by atoms with van der Waals surface area (Å²) < 4.78 is 2.94. The third-order valence-electron chi connectivity index (χ3n) is 5.28. The van der Waals surface area contributed by atoms with E-state index in [2.05, 4.69) is 15.7 Å². The average molecular weight is 379 g/mol. The van der Waals surface area contributed by atoms with E-state index < -0.39 is 0 Å². The van der Waals surface area contributed by atoms with Gasteiger partial charge in [0, 0.05) is 18.4 Å². The Morgan fingerprint density at radius 1 is 1.11 bits per heavy atom. The van der Waals surface area contributed by atoms with E-state index in [1.165, 1.54) is 41.2 Å². The molecule has 1 aliphatic carbocycles. The molecule has 2 aromatic heterocycles. The zero-order chi connectivity index (χ0) is 19.3. The minimum Gasteiger partial charge on any atom is -0.338 e. The lowest BCUT2D eigenvalue weighted by Crippen LogP contribution is -2.33. The van der Waals surface area contributed by atoms with Crippen LogP contribution >= 0.6 is 0 Å². The van der Waals surface area contributed by atoms with Crippen LogP contribution < -0.4 is 16.3 Å². The monoisotopic (exact) mass is 379 g/mol. The number of benzene rings is 1. The summed E-state index contributed by atoms with van der Waals surface area (Å²) in [5.41, 5.74) is 2.04. The van der Waals surface area contributed by atoms with Crippen LogP contribution in [0.25, 0.3) is 5.65 Å². The molecule has 3 aromatic rings. The summed E-state index contributed by atoms with van der Waals surface area (Å²) in [6.45, 7) is 1.07. The van der Waals surface area contributed by atoms with Crippen molar-refractivity contribution in [2.45, 2.75) is 38.6 Å². The molecule has 7 heteroatoms. The van der Waals surface area contributed by atoms with Gasteiger partial charge in [-0.2, -0.15) is 0 Å². The quantitative estimate of drug-likeness (QED) is 0.714. The maximum Gasteiger partial charge on any atom is 0.350 e. The van der Waals surface area contributed by atoms with Gasteiger partial charge in [-0.25, -0.2) is 14.3 Å². The molecule has 7 nitrogen and oxygen atoms in total. The molecule has 2 heterocycles. The minimum atomic E-state index is -0.187. The summed E-state index contributed by atoms with van der Waals surface area (Å²) in [7, 11) is 0. The van der Waals surface area contributed by atoms with Gasteiger partial charge in [0.2, 0.25) is 0 Å². The topological polar surface area (TPSA) is 80.4 Å². The summed E-state index contributed by atoms with van der Waals surface area (Å²) in [5, 5.41) is 10.2. The van der Waals surface area contributed by atoms with Crippen molar-refractivity contribution in [1.29, 1.82) is 0 Å². The van der Waals surface area contributed by atoms with Crippen molar-refractivity contribution >= 4 is 17.4 Å². The standard InChI is InChI=1S/C21H25N5O2/c27-20(22-14-16-7-2-1-3-8-16)23-18-10-6-9-17(13-18)15-26-21(28)25-12-5-4-11-19(25)24-26/h4-6,9-13,16H,1-3,7-8,14-15H2,(H2,22,23,27). The third kappa shape index (κ3) is 4.24.